The number of ether oxygens (including phenoxy) is 2. The molecule has 2 unspecified atom stereocenters. The number of nitrogens with one attached hydrogen (secondary N) is 2. The minimum atomic E-state index is -0.835. The maximum absolute atomic E-state index is 13.7. The Labute approximate surface area is 215 Å². The predicted octanol–water partition coefficient (Wildman–Crippen LogP) is 2.44. The summed E-state index contributed by atoms with van der Waals surface area (Å²) in [6.07, 6.45) is 5.28. The van der Waals surface area contributed by atoms with E-state index in [1.807, 2.05) is 48.6 Å². The molecule has 9 nitrogen and oxygen atoms in total. The van der Waals surface area contributed by atoms with Crippen LogP contribution in [0.5, 0.6) is 0 Å². The Morgan fingerprint density at radius 2 is 1.81 bits per heavy atom. The lowest BCUT2D eigenvalue weighted by molar-refractivity contribution is -0.164. The van der Waals surface area contributed by atoms with Crippen LogP contribution in [-0.2, 0) is 23.9 Å². The summed E-state index contributed by atoms with van der Waals surface area (Å²) < 4.78 is 10.6. The summed E-state index contributed by atoms with van der Waals surface area (Å²) in [6, 6.07) is 11.0. The van der Waals surface area contributed by atoms with E-state index in [9.17, 15) is 19.2 Å². The van der Waals surface area contributed by atoms with Crippen molar-refractivity contribution >= 4 is 34.5 Å². The van der Waals surface area contributed by atoms with Crippen molar-refractivity contribution in [3.05, 3.63) is 60.2 Å². The Kier molecular flexibility index (Phi) is 7.23. The number of benzene rings is 2. The van der Waals surface area contributed by atoms with Crippen LogP contribution >= 0.6 is 0 Å². The number of rotatable bonds is 6. The van der Waals surface area contributed by atoms with Gasteiger partial charge in [0, 0.05) is 18.2 Å². The summed E-state index contributed by atoms with van der Waals surface area (Å²) in [5, 5.41) is 7.73. The molecule has 3 aliphatic rings. The third-order valence-corrected chi connectivity index (χ3v) is 7.24. The molecule has 0 saturated carbocycles. The smallest absolute Gasteiger partial charge is 0.310 e. The van der Waals surface area contributed by atoms with E-state index >= 15 is 0 Å². The van der Waals surface area contributed by atoms with Gasteiger partial charge in [-0.2, -0.15) is 0 Å². The molecule has 0 spiro atoms. The van der Waals surface area contributed by atoms with Crippen molar-refractivity contribution in [2.45, 2.75) is 69.5 Å². The van der Waals surface area contributed by atoms with E-state index in [0.29, 0.717) is 37.9 Å². The highest BCUT2D eigenvalue weighted by molar-refractivity contribution is 6.01. The average Bonchev–Trinajstić information content (AvgIpc) is 3.46. The van der Waals surface area contributed by atoms with Crippen LogP contribution in [0.15, 0.2) is 54.6 Å². The van der Waals surface area contributed by atoms with Gasteiger partial charge in [-0.15, -0.1) is 0 Å². The standard InChI is InChI=1S/C28H31N3O6/c1-2-36-28-22(16-24(32)37-28)30-26(34)23-14-13-20-9-5-6-10-21(27(35)31(20)23)29-25(33)19-12-11-17-7-3-4-8-18(17)15-19/h3-8,11-12,15,20-23,28H,2,9-10,13-14,16H2,1H3,(H,29,33)(H,30,34)/b6-5-/t20-,21+,22?,23+,28?/m1/s1. The zero-order valence-corrected chi connectivity index (χ0v) is 20.7. The largest absolute Gasteiger partial charge is 0.433 e. The SMILES string of the molecule is CCOC1OC(=O)CC1NC(=O)[C@@H]1CC[C@H]2C/C=C\C[C@H](NC(=O)c3ccc4ccccc4c3)C(=O)N21. The normalized spacial score (nSPS) is 28.2. The molecule has 37 heavy (non-hydrogen) atoms. The minimum absolute atomic E-state index is 0.0215. The Morgan fingerprint density at radius 3 is 2.62 bits per heavy atom. The average molecular weight is 506 g/mol. The van der Waals surface area contributed by atoms with Gasteiger partial charge in [-0.1, -0.05) is 42.5 Å². The number of hydrogen-bond acceptors (Lipinski definition) is 6. The van der Waals surface area contributed by atoms with Crippen molar-refractivity contribution in [2.75, 3.05) is 6.61 Å². The van der Waals surface area contributed by atoms with E-state index in [2.05, 4.69) is 10.6 Å². The Bertz CT molecular complexity index is 1240. The lowest BCUT2D eigenvalue weighted by Gasteiger charge is -2.34. The molecule has 3 heterocycles. The van der Waals surface area contributed by atoms with Crippen LogP contribution in [0.3, 0.4) is 0 Å². The fourth-order valence-corrected chi connectivity index (χ4v) is 5.41. The molecule has 0 aromatic heterocycles. The van der Waals surface area contributed by atoms with E-state index in [0.717, 1.165) is 10.8 Å². The number of hydrogen-bond donors (Lipinski definition) is 2. The number of cyclic esters (lactones) is 1. The fraction of sp³-hybridized carbons (Fsp3) is 0.429. The molecule has 3 amide bonds. The highest BCUT2D eigenvalue weighted by Crippen LogP contribution is 2.30. The van der Waals surface area contributed by atoms with Gasteiger partial charge in [-0.25, -0.2) is 0 Å². The van der Waals surface area contributed by atoms with Crippen LogP contribution in [0.1, 0.15) is 49.4 Å². The zero-order valence-electron chi connectivity index (χ0n) is 20.7. The molecule has 2 fully saturated rings. The predicted molar refractivity (Wildman–Crippen MR) is 135 cm³/mol. The van der Waals surface area contributed by atoms with Crippen LogP contribution in [-0.4, -0.2) is 65.7 Å². The molecule has 2 saturated heterocycles. The third kappa shape index (κ3) is 5.22. The molecular formula is C28H31N3O6. The van der Waals surface area contributed by atoms with E-state index in [4.69, 9.17) is 9.47 Å². The quantitative estimate of drug-likeness (QED) is 0.461. The summed E-state index contributed by atoms with van der Waals surface area (Å²) in [7, 11) is 0. The Balaban J connectivity index is 1.31. The van der Waals surface area contributed by atoms with Gasteiger partial charge in [0.25, 0.3) is 5.91 Å². The molecule has 2 aromatic carbocycles. The number of carbonyl (C=O) groups is 4. The first-order valence-electron chi connectivity index (χ1n) is 12.8. The third-order valence-electron chi connectivity index (χ3n) is 7.24. The van der Waals surface area contributed by atoms with E-state index in [1.165, 1.54) is 0 Å². The minimum Gasteiger partial charge on any atom is -0.433 e. The lowest BCUT2D eigenvalue weighted by Crippen LogP contribution is -2.57. The second kappa shape index (κ2) is 10.7. The highest BCUT2D eigenvalue weighted by atomic mass is 16.7. The topological polar surface area (TPSA) is 114 Å². The molecule has 5 atom stereocenters. The summed E-state index contributed by atoms with van der Waals surface area (Å²) in [4.78, 5) is 53.5. The highest BCUT2D eigenvalue weighted by Gasteiger charge is 2.45. The molecule has 0 radical (unpaired) electrons. The summed E-state index contributed by atoms with van der Waals surface area (Å²) in [5.41, 5.74) is 0.470. The van der Waals surface area contributed by atoms with E-state index < -0.39 is 30.4 Å². The summed E-state index contributed by atoms with van der Waals surface area (Å²) >= 11 is 0. The number of amides is 3. The van der Waals surface area contributed by atoms with Crippen molar-refractivity contribution in [1.29, 1.82) is 0 Å². The van der Waals surface area contributed by atoms with Crippen molar-refractivity contribution < 1.29 is 28.7 Å². The van der Waals surface area contributed by atoms with Crippen molar-refractivity contribution in [1.82, 2.24) is 15.5 Å². The first kappa shape index (κ1) is 25.0. The maximum Gasteiger partial charge on any atom is 0.310 e. The Morgan fingerprint density at radius 1 is 1.03 bits per heavy atom. The molecule has 2 N–H and O–H groups in total. The molecule has 5 rings (SSSR count). The van der Waals surface area contributed by atoms with Gasteiger partial charge in [-0.3, -0.25) is 19.2 Å². The number of esters is 1. The molecule has 9 heteroatoms. The van der Waals surface area contributed by atoms with Gasteiger partial charge >= 0.3 is 5.97 Å². The van der Waals surface area contributed by atoms with Crippen LogP contribution in [0, 0.1) is 0 Å². The molecule has 2 aromatic rings. The van der Waals surface area contributed by atoms with E-state index in [1.54, 1.807) is 17.9 Å². The number of fused-ring (bicyclic) bond motifs is 2. The molecule has 0 aliphatic carbocycles. The number of nitrogens with zero attached hydrogens (tertiary/aromatic N) is 1. The molecule has 194 valence electrons. The number of carbonyl (C=O) groups excluding carboxylic acids is 4. The van der Waals surface area contributed by atoms with Crippen molar-refractivity contribution in [3.63, 3.8) is 0 Å². The maximum atomic E-state index is 13.7. The fourth-order valence-electron chi connectivity index (χ4n) is 5.41. The second-order valence-electron chi connectivity index (χ2n) is 9.66. The second-order valence-corrected chi connectivity index (χ2v) is 9.66. The monoisotopic (exact) mass is 505 g/mol. The summed E-state index contributed by atoms with van der Waals surface area (Å²) in [5.74, 6) is -1.39. The lowest BCUT2D eigenvalue weighted by atomic mass is 10.0. The van der Waals surface area contributed by atoms with Crippen LogP contribution < -0.4 is 10.6 Å². The van der Waals surface area contributed by atoms with Crippen molar-refractivity contribution in [3.8, 4) is 0 Å². The molecule has 0 bridgehead atoms. The summed E-state index contributed by atoms with van der Waals surface area (Å²) in [6.45, 7) is 2.12. The van der Waals surface area contributed by atoms with Gasteiger partial charge in [0.1, 0.15) is 18.1 Å². The van der Waals surface area contributed by atoms with Crippen LogP contribution in [0.4, 0.5) is 0 Å². The van der Waals surface area contributed by atoms with Gasteiger partial charge in [-0.05, 0) is 55.5 Å². The first-order chi connectivity index (χ1) is 17.9. The molecule has 3 aliphatic heterocycles. The molecular weight excluding hydrogens is 474 g/mol. The van der Waals surface area contributed by atoms with Gasteiger partial charge < -0.3 is 25.0 Å². The zero-order chi connectivity index (χ0) is 25.9. The van der Waals surface area contributed by atoms with E-state index in [-0.39, 0.29) is 30.2 Å². The van der Waals surface area contributed by atoms with Crippen LogP contribution in [0.2, 0.25) is 0 Å². The van der Waals surface area contributed by atoms with Crippen LogP contribution in [0.25, 0.3) is 10.8 Å². The van der Waals surface area contributed by atoms with Gasteiger partial charge in [0.15, 0.2) is 0 Å². The van der Waals surface area contributed by atoms with Crippen molar-refractivity contribution in [2.24, 2.45) is 0 Å². The van der Waals surface area contributed by atoms with Gasteiger partial charge in [0.2, 0.25) is 18.1 Å². The Hall–Kier alpha value is -3.72. The van der Waals surface area contributed by atoms with Gasteiger partial charge in [0.05, 0.1) is 6.42 Å². The first-order valence-corrected chi connectivity index (χ1v) is 12.8.